The summed E-state index contributed by atoms with van der Waals surface area (Å²) in [5, 5.41) is 2.76. The molecule has 2 heterocycles. The van der Waals surface area contributed by atoms with Gasteiger partial charge in [-0.1, -0.05) is 12.1 Å². The third-order valence-electron chi connectivity index (χ3n) is 5.10. The van der Waals surface area contributed by atoms with Gasteiger partial charge in [0.05, 0.1) is 6.26 Å². The molecule has 0 saturated carbocycles. The van der Waals surface area contributed by atoms with Crippen LogP contribution in [0.3, 0.4) is 0 Å². The number of hydrogen-bond acceptors (Lipinski definition) is 4. The van der Waals surface area contributed by atoms with Crippen LogP contribution in [0.25, 0.3) is 0 Å². The molecule has 150 valence electrons. The molecule has 2 amide bonds. The fraction of sp³-hybridized carbons (Fsp3) is 0.455. The summed E-state index contributed by atoms with van der Waals surface area (Å²) in [6.45, 7) is 3.31. The van der Waals surface area contributed by atoms with E-state index in [1.54, 1.807) is 17.0 Å². The van der Waals surface area contributed by atoms with E-state index >= 15 is 0 Å². The average Bonchev–Trinajstić information content (AvgIpc) is 3.27. The van der Waals surface area contributed by atoms with Gasteiger partial charge >= 0.3 is 0 Å². The molecule has 1 N–H and O–H groups in total. The van der Waals surface area contributed by atoms with Crippen LogP contribution in [-0.4, -0.2) is 43.4 Å². The molecule has 1 fully saturated rings. The Morgan fingerprint density at radius 2 is 1.86 bits per heavy atom. The van der Waals surface area contributed by atoms with E-state index in [0.29, 0.717) is 25.9 Å². The Hall–Kier alpha value is -2.76. The molecule has 0 radical (unpaired) electrons. The fourth-order valence-corrected chi connectivity index (χ4v) is 3.45. The summed E-state index contributed by atoms with van der Waals surface area (Å²) in [5.41, 5.74) is 2.40. The summed E-state index contributed by atoms with van der Waals surface area (Å²) >= 11 is 0. The minimum absolute atomic E-state index is 0.0763. The third kappa shape index (κ3) is 5.62. The van der Waals surface area contributed by atoms with Gasteiger partial charge in [-0.3, -0.25) is 9.59 Å². The highest BCUT2D eigenvalue weighted by Gasteiger charge is 2.13. The van der Waals surface area contributed by atoms with Gasteiger partial charge < -0.3 is 19.5 Å². The molecule has 28 heavy (non-hydrogen) atoms. The molecule has 1 aromatic carbocycles. The number of carbonyl (C=O) groups excluding carboxylic acids is 2. The zero-order chi connectivity index (χ0) is 19.8. The first kappa shape index (κ1) is 20.0. The van der Waals surface area contributed by atoms with Crippen molar-refractivity contribution in [1.82, 2.24) is 10.2 Å². The molecular weight excluding hydrogens is 354 g/mol. The molecule has 3 rings (SSSR count). The number of nitrogens with one attached hydrogen (secondary N) is 1. The van der Waals surface area contributed by atoms with Gasteiger partial charge in [0.25, 0.3) is 5.91 Å². The van der Waals surface area contributed by atoms with Crippen LogP contribution in [0.2, 0.25) is 0 Å². The first-order chi connectivity index (χ1) is 13.6. The molecular formula is C22H29N3O3. The van der Waals surface area contributed by atoms with Crippen molar-refractivity contribution in [3.63, 3.8) is 0 Å². The van der Waals surface area contributed by atoms with Crippen molar-refractivity contribution in [3.05, 3.63) is 54.0 Å². The van der Waals surface area contributed by atoms with Gasteiger partial charge in [-0.2, -0.15) is 0 Å². The van der Waals surface area contributed by atoms with Crippen molar-refractivity contribution in [3.8, 4) is 0 Å². The van der Waals surface area contributed by atoms with Crippen LogP contribution in [-0.2, 0) is 11.3 Å². The second-order valence-corrected chi connectivity index (χ2v) is 7.30. The summed E-state index contributed by atoms with van der Waals surface area (Å²) in [6, 6.07) is 11.8. The minimum Gasteiger partial charge on any atom is -0.459 e. The number of benzene rings is 1. The summed E-state index contributed by atoms with van der Waals surface area (Å²) in [5.74, 6) is 0.114. The number of nitrogens with zero attached hydrogens (tertiary/aromatic N) is 2. The van der Waals surface area contributed by atoms with Gasteiger partial charge in [0.15, 0.2) is 5.76 Å². The second kappa shape index (κ2) is 9.97. The Morgan fingerprint density at radius 3 is 2.54 bits per heavy atom. The number of rotatable bonds is 8. The molecule has 0 bridgehead atoms. The van der Waals surface area contributed by atoms with Crippen molar-refractivity contribution in [2.45, 2.75) is 38.6 Å². The molecule has 1 aromatic heterocycles. The van der Waals surface area contributed by atoms with Crippen molar-refractivity contribution in [2.24, 2.45) is 0 Å². The quantitative estimate of drug-likeness (QED) is 0.709. The molecule has 6 nitrogen and oxygen atoms in total. The van der Waals surface area contributed by atoms with Crippen molar-refractivity contribution in [2.75, 3.05) is 31.6 Å². The van der Waals surface area contributed by atoms with Gasteiger partial charge in [0.1, 0.15) is 0 Å². The summed E-state index contributed by atoms with van der Waals surface area (Å²) in [4.78, 5) is 28.3. The standard InChI is InChI=1S/C22H29N3O3/c1-24(21(26)8-5-13-23-22(27)20-7-6-16-28-20)17-18-9-11-19(12-10-18)25-14-3-2-4-15-25/h6-7,9-12,16H,2-5,8,13-15,17H2,1H3,(H,23,27). The Kier molecular flexibility index (Phi) is 7.12. The molecule has 2 aromatic rings. The first-order valence-corrected chi connectivity index (χ1v) is 10.0. The molecule has 0 spiro atoms. The Balaban J connectivity index is 1.38. The van der Waals surface area contributed by atoms with Gasteiger partial charge in [0, 0.05) is 45.3 Å². The predicted molar refractivity (Wildman–Crippen MR) is 109 cm³/mol. The van der Waals surface area contributed by atoms with Crippen LogP contribution < -0.4 is 10.2 Å². The highest BCUT2D eigenvalue weighted by Crippen LogP contribution is 2.20. The van der Waals surface area contributed by atoms with Crippen LogP contribution in [0.4, 0.5) is 5.69 Å². The van der Waals surface area contributed by atoms with E-state index in [0.717, 1.165) is 18.7 Å². The smallest absolute Gasteiger partial charge is 0.286 e. The van der Waals surface area contributed by atoms with Crippen LogP contribution >= 0.6 is 0 Å². The lowest BCUT2D eigenvalue weighted by molar-refractivity contribution is -0.130. The Labute approximate surface area is 166 Å². The molecule has 6 heteroatoms. The lowest BCUT2D eigenvalue weighted by Crippen LogP contribution is -2.29. The molecule has 1 saturated heterocycles. The van der Waals surface area contributed by atoms with Crippen LogP contribution in [0.15, 0.2) is 47.1 Å². The normalized spacial score (nSPS) is 14.0. The van der Waals surface area contributed by atoms with E-state index in [9.17, 15) is 9.59 Å². The number of amides is 2. The van der Waals surface area contributed by atoms with Crippen LogP contribution in [0.5, 0.6) is 0 Å². The lowest BCUT2D eigenvalue weighted by atomic mass is 10.1. The summed E-state index contributed by atoms with van der Waals surface area (Å²) in [7, 11) is 1.82. The Bertz CT molecular complexity index is 750. The monoisotopic (exact) mass is 383 g/mol. The molecule has 0 unspecified atom stereocenters. The summed E-state index contributed by atoms with van der Waals surface area (Å²) < 4.78 is 5.03. The molecule has 0 aliphatic carbocycles. The van der Waals surface area contributed by atoms with E-state index < -0.39 is 0 Å². The predicted octanol–water partition coefficient (Wildman–Crippen LogP) is 3.44. The maximum absolute atomic E-state index is 12.3. The van der Waals surface area contributed by atoms with E-state index in [1.165, 1.54) is 31.2 Å². The zero-order valence-electron chi connectivity index (χ0n) is 16.5. The Morgan fingerprint density at radius 1 is 1.11 bits per heavy atom. The number of hydrogen-bond donors (Lipinski definition) is 1. The van der Waals surface area contributed by atoms with E-state index in [4.69, 9.17) is 4.42 Å². The van der Waals surface area contributed by atoms with Gasteiger partial charge in [0.2, 0.25) is 5.91 Å². The number of piperidine rings is 1. The number of carbonyl (C=O) groups is 2. The van der Waals surface area contributed by atoms with Crippen LogP contribution in [0, 0.1) is 0 Å². The van der Waals surface area contributed by atoms with Crippen molar-refractivity contribution in [1.29, 1.82) is 0 Å². The maximum atomic E-state index is 12.3. The number of anilines is 1. The fourth-order valence-electron chi connectivity index (χ4n) is 3.45. The van der Waals surface area contributed by atoms with Crippen molar-refractivity contribution >= 4 is 17.5 Å². The second-order valence-electron chi connectivity index (χ2n) is 7.30. The highest BCUT2D eigenvalue weighted by molar-refractivity contribution is 5.91. The van der Waals surface area contributed by atoms with Gasteiger partial charge in [-0.25, -0.2) is 0 Å². The molecule has 0 atom stereocenters. The van der Waals surface area contributed by atoms with Crippen molar-refractivity contribution < 1.29 is 14.0 Å². The third-order valence-corrected chi connectivity index (χ3v) is 5.10. The van der Waals surface area contributed by atoms with E-state index in [-0.39, 0.29) is 17.6 Å². The van der Waals surface area contributed by atoms with E-state index in [2.05, 4.69) is 34.5 Å². The molecule has 1 aliphatic rings. The number of furan rings is 1. The van der Waals surface area contributed by atoms with Gasteiger partial charge in [-0.05, 0) is 55.5 Å². The topological polar surface area (TPSA) is 65.8 Å². The maximum Gasteiger partial charge on any atom is 0.286 e. The highest BCUT2D eigenvalue weighted by atomic mass is 16.3. The largest absolute Gasteiger partial charge is 0.459 e. The molecule has 1 aliphatic heterocycles. The van der Waals surface area contributed by atoms with Crippen LogP contribution in [0.1, 0.15) is 48.2 Å². The minimum atomic E-state index is -0.250. The summed E-state index contributed by atoms with van der Waals surface area (Å²) in [6.07, 6.45) is 6.33. The SMILES string of the molecule is CN(Cc1ccc(N2CCCCC2)cc1)C(=O)CCCNC(=O)c1ccco1. The first-order valence-electron chi connectivity index (χ1n) is 10.0. The average molecular weight is 383 g/mol. The van der Waals surface area contributed by atoms with E-state index in [1.807, 2.05) is 7.05 Å². The zero-order valence-corrected chi connectivity index (χ0v) is 16.5. The van der Waals surface area contributed by atoms with Gasteiger partial charge in [-0.15, -0.1) is 0 Å². The lowest BCUT2D eigenvalue weighted by Gasteiger charge is -2.29.